The molecule has 3 rings (SSSR count). The maximum atomic E-state index is 14.1. The summed E-state index contributed by atoms with van der Waals surface area (Å²) in [4.78, 5) is 3.92. The van der Waals surface area contributed by atoms with E-state index in [9.17, 15) is 9.50 Å². The lowest BCUT2D eigenvalue weighted by Gasteiger charge is -2.20. The highest BCUT2D eigenvalue weighted by atomic mass is 19.1. The third-order valence-electron chi connectivity index (χ3n) is 2.62. The van der Waals surface area contributed by atoms with Gasteiger partial charge in [0.05, 0.1) is 6.54 Å². The van der Waals surface area contributed by atoms with Gasteiger partial charge in [-0.15, -0.1) is 0 Å². The standard InChI is InChI=1S/C11H10FN3O4/c12-9-5(16)3-6-10(18-2-1-17-6)8(9)11-14-7(4-13)19-15-11/h3,16H,1-2,4,13H2. The molecular weight excluding hydrogens is 257 g/mol. The van der Waals surface area contributed by atoms with E-state index in [-0.39, 0.29) is 41.9 Å². The number of phenolic OH excluding ortho intramolecular Hbond substituents is 1. The molecule has 1 aliphatic rings. The number of nitrogens with zero attached hydrogens (tertiary/aromatic N) is 2. The van der Waals surface area contributed by atoms with Gasteiger partial charge in [0, 0.05) is 6.07 Å². The fourth-order valence-electron chi connectivity index (χ4n) is 1.79. The van der Waals surface area contributed by atoms with Crippen LogP contribution in [0.1, 0.15) is 5.89 Å². The fourth-order valence-corrected chi connectivity index (χ4v) is 1.79. The Hall–Kier alpha value is -2.35. The molecule has 1 aromatic carbocycles. The number of halogens is 1. The van der Waals surface area contributed by atoms with Crippen molar-refractivity contribution in [2.45, 2.75) is 6.54 Å². The van der Waals surface area contributed by atoms with Crippen LogP contribution in [0.4, 0.5) is 4.39 Å². The molecule has 7 nitrogen and oxygen atoms in total. The number of benzene rings is 1. The van der Waals surface area contributed by atoms with E-state index in [2.05, 4.69) is 10.1 Å². The molecule has 0 unspecified atom stereocenters. The number of phenols is 1. The summed E-state index contributed by atoms with van der Waals surface area (Å²) in [5.74, 6) is -0.976. The quantitative estimate of drug-likeness (QED) is 0.829. The first-order valence-corrected chi connectivity index (χ1v) is 5.54. The molecule has 2 aromatic rings. The minimum Gasteiger partial charge on any atom is -0.505 e. The third kappa shape index (κ3) is 1.85. The van der Waals surface area contributed by atoms with Crippen LogP contribution in [-0.2, 0) is 6.54 Å². The highest BCUT2D eigenvalue weighted by Crippen LogP contribution is 2.44. The van der Waals surface area contributed by atoms with E-state index < -0.39 is 11.6 Å². The van der Waals surface area contributed by atoms with Crippen LogP contribution in [0.25, 0.3) is 11.4 Å². The van der Waals surface area contributed by atoms with Crippen molar-refractivity contribution in [2.24, 2.45) is 5.73 Å². The van der Waals surface area contributed by atoms with Crippen molar-refractivity contribution in [1.82, 2.24) is 10.1 Å². The molecule has 1 aromatic heterocycles. The fraction of sp³-hybridized carbons (Fsp3) is 0.273. The molecule has 19 heavy (non-hydrogen) atoms. The molecule has 100 valence electrons. The smallest absolute Gasteiger partial charge is 0.240 e. The normalized spacial score (nSPS) is 13.6. The van der Waals surface area contributed by atoms with Gasteiger partial charge >= 0.3 is 0 Å². The van der Waals surface area contributed by atoms with Gasteiger partial charge in [0.1, 0.15) is 18.8 Å². The van der Waals surface area contributed by atoms with Crippen molar-refractivity contribution < 1.29 is 23.5 Å². The topological polar surface area (TPSA) is 104 Å². The van der Waals surface area contributed by atoms with Crippen LogP contribution >= 0.6 is 0 Å². The molecule has 0 amide bonds. The first-order chi connectivity index (χ1) is 9.20. The molecule has 0 bridgehead atoms. The van der Waals surface area contributed by atoms with Crippen molar-refractivity contribution in [3.63, 3.8) is 0 Å². The summed E-state index contributed by atoms with van der Waals surface area (Å²) in [6, 6.07) is 1.15. The zero-order valence-corrected chi connectivity index (χ0v) is 9.72. The van der Waals surface area contributed by atoms with Gasteiger partial charge in [0.25, 0.3) is 0 Å². The lowest BCUT2D eigenvalue weighted by Crippen LogP contribution is -2.16. The van der Waals surface area contributed by atoms with Crippen LogP contribution in [0, 0.1) is 5.82 Å². The molecule has 3 N–H and O–H groups in total. The van der Waals surface area contributed by atoms with Gasteiger partial charge in [0.15, 0.2) is 23.1 Å². The van der Waals surface area contributed by atoms with Gasteiger partial charge in [-0.25, -0.2) is 4.39 Å². The molecule has 0 saturated heterocycles. The maximum Gasteiger partial charge on any atom is 0.240 e. The molecule has 0 fully saturated rings. The van der Waals surface area contributed by atoms with E-state index in [0.717, 1.165) is 6.07 Å². The largest absolute Gasteiger partial charge is 0.505 e. The number of ether oxygens (including phenoxy) is 2. The molecule has 0 radical (unpaired) electrons. The lowest BCUT2D eigenvalue weighted by atomic mass is 10.1. The SMILES string of the molecule is NCc1nc(-c2c(F)c(O)cc3c2OCCO3)no1. The second-order valence-electron chi connectivity index (χ2n) is 3.82. The predicted octanol–water partition coefficient (Wildman–Crippen LogP) is 0.811. The number of hydrogen-bond donors (Lipinski definition) is 2. The molecule has 1 aliphatic heterocycles. The van der Waals surface area contributed by atoms with Crippen LogP contribution in [-0.4, -0.2) is 28.5 Å². The van der Waals surface area contributed by atoms with Crippen molar-refractivity contribution in [3.8, 4) is 28.6 Å². The minimum atomic E-state index is -0.895. The van der Waals surface area contributed by atoms with Gasteiger partial charge in [-0.3, -0.25) is 0 Å². The summed E-state index contributed by atoms with van der Waals surface area (Å²) >= 11 is 0. The van der Waals surface area contributed by atoms with Crippen LogP contribution in [0.15, 0.2) is 10.6 Å². The van der Waals surface area contributed by atoms with Gasteiger partial charge < -0.3 is 24.8 Å². The first kappa shape index (κ1) is 11.7. The van der Waals surface area contributed by atoms with Crippen molar-refractivity contribution in [1.29, 1.82) is 0 Å². The number of hydrogen-bond acceptors (Lipinski definition) is 7. The van der Waals surface area contributed by atoms with Crippen molar-refractivity contribution in [3.05, 3.63) is 17.8 Å². The third-order valence-corrected chi connectivity index (χ3v) is 2.62. The Labute approximate surface area is 106 Å². The highest BCUT2D eigenvalue weighted by Gasteiger charge is 2.27. The zero-order valence-electron chi connectivity index (χ0n) is 9.72. The summed E-state index contributed by atoms with van der Waals surface area (Å²) < 4.78 is 29.5. The number of aromatic hydroxyl groups is 1. The maximum absolute atomic E-state index is 14.1. The van der Waals surface area contributed by atoms with Gasteiger partial charge in [-0.2, -0.15) is 4.98 Å². The number of fused-ring (bicyclic) bond motifs is 1. The molecule has 2 heterocycles. The Morgan fingerprint density at radius 1 is 1.37 bits per heavy atom. The van der Waals surface area contributed by atoms with E-state index in [4.69, 9.17) is 19.7 Å². The van der Waals surface area contributed by atoms with E-state index in [1.54, 1.807) is 0 Å². The van der Waals surface area contributed by atoms with Gasteiger partial charge in [-0.1, -0.05) is 5.16 Å². The average Bonchev–Trinajstić information content (AvgIpc) is 2.89. The molecule has 0 aliphatic carbocycles. The summed E-state index contributed by atoms with van der Waals surface area (Å²) in [5.41, 5.74) is 5.25. The summed E-state index contributed by atoms with van der Waals surface area (Å²) in [5, 5.41) is 13.2. The average molecular weight is 267 g/mol. The summed E-state index contributed by atoms with van der Waals surface area (Å²) in [6.45, 7) is 0.622. The highest BCUT2D eigenvalue weighted by molar-refractivity contribution is 5.72. The molecule has 0 spiro atoms. The van der Waals surface area contributed by atoms with E-state index in [0.29, 0.717) is 6.61 Å². The summed E-state index contributed by atoms with van der Waals surface area (Å²) in [6.07, 6.45) is 0. The Bertz CT molecular complexity index is 629. The molecule has 0 saturated carbocycles. The minimum absolute atomic E-state index is 0.0347. The number of rotatable bonds is 2. The molecular formula is C11H10FN3O4. The molecule has 0 atom stereocenters. The van der Waals surface area contributed by atoms with Crippen molar-refractivity contribution >= 4 is 0 Å². The number of aromatic nitrogens is 2. The zero-order chi connectivity index (χ0) is 13.4. The summed E-state index contributed by atoms with van der Waals surface area (Å²) in [7, 11) is 0. The molecule has 8 heteroatoms. The van der Waals surface area contributed by atoms with Crippen molar-refractivity contribution in [2.75, 3.05) is 13.2 Å². The van der Waals surface area contributed by atoms with Gasteiger partial charge in [0.2, 0.25) is 11.7 Å². The second-order valence-corrected chi connectivity index (χ2v) is 3.82. The first-order valence-electron chi connectivity index (χ1n) is 5.54. The Morgan fingerprint density at radius 2 is 2.16 bits per heavy atom. The van der Waals surface area contributed by atoms with Crippen LogP contribution in [0.5, 0.6) is 17.2 Å². The van der Waals surface area contributed by atoms with E-state index in [1.807, 2.05) is 0 Å². The Balaban J connectivity index is 2.20. The van der Waals surface area contributed by atoms with E-state index in [1.165, 1.54) is 0 Å². The van der Waals surface area contributed by atoms with Crippen LogP contribution in [0.2, 0.25) is 0 Å². The lowest BCUT2D eigenvalue weighted by molar-refractivity contribution is 0.170. The van der Waals surface area contributed by atoms with E-state index >= 15 is 0 Å². The van der Waals surface area contributed by atoms with Crippen LogP contribution < -0.4 is 15.2 Å². The second kappa shape index (κ2) is 4.39. The Kier molecular flexibility index (Phi) is 2.71. The predicted molar refractivity (Wildman–Crippen MR) is 60.2 cm³/mol. The van der Waals surface area contributed by atoms with Gasteiger partial charge in [-0.05, 0) is 0 Å². The monoisotopic (exact) mass is 267 g/mol. The number of nitrogens with two attached hydrogens (primary N) is 1. The van der Waals surface area contributed by atoms with Crippen LogP contribution in [0.3, 0.4) is 0 Å². The Morgan fingerprint density at radius 3 is 2.89 bits per heavy atom.